The molecule has 3 saturated heterocycles. The molecule has 3 aliphatic heterocycles. The van der Waals surface area contributed by atoms with Crippen LogP contribution in [0.1, 0.15) is 31.2 Å². The smallest absolute Gasteiger partial charge is 0.416 e. The van der Waals surface area contributed by atoms with Gasteiger partial charge in [0.15, 0.2) is 5.78 Å². The molecule has 2 atom stereocenters. The van der Waals surface area contributed by atoms with E-state index in [1.54, 1.807) is 9.80 Å². The molecular formula is C22H24F4N2O4. The highest BCUT2D eigenvalue weighted by Crippen LogP contribution is 2.50. The highest BCUT2D eigenvalue weighted by molar-refractivity contribution is 5.81. The second kappa shape index (κ2) is 7.60. The topological polar surface area (TPSA) is 59.1 Å². The largest absolute Gasteiger partial charge is 0.490 e. The SMILES string of the molecule is O=C1CO[C@H]2CCN(C(=O)N3CC4(CC(Oc5cc(F)cc(C(F)(F)F)c5)C4)C3)C[C@H]2C1. The van der Waals surface area contributed by atoms with Gasteiger partial charge in [-0.25, -0.2) is 9.18 Å². The molecule has 0 bridgehead atoms. The van der Waals surface area contributed by atoms with Crippen molar-refractivity contribution >= 4 is 11.8 Å². The third-order valence-corrected chi connectivity index (χ3v) is 7.03. The molecule has 1 aromatic rings. The van der Waals surface area contributed by atoms with Gasteiger partial charge >= 0.3 is 12.2 Å². The number of amides is 2. The minimum atomic E-state index is -4.64. The number of hydrogen-bond donors (Lipinski definition) is 0. The van der Waals surface area contributed by atoms with Gasteiger partial charge in [0.1, 0.15) is 24.3 Å². The number of piperidine rings is 1. The first kappa shape index (κ1) is 21.5. The molecule has 3 heterocycles. The van der Waals surface area contributed by atoms with Crippen molar-refractivity contribution in [1.82, 2.24) is 9.80 Å². The van der Waals surface area contributed by atoms with Gasteiger partial charge in [0.2, 0.25) is 0 Å². The van der Waals surface area contributed by atoms with Crippen molar-refractivity contribution in [2.45, 2.75) is 44.1 Å². The number of benzene rings is 1. The summed E-state index contributed by atoms with van der Waals surface area (Å²) >= 11 is 0. The van der Waals surface area contributed by atoms with Gasteiger partial charge in [-0.1, -0.05) is 0 Å². The van der Waals surface area contributed by atoms with Gasteiger partial charge in [-0.05, 0) is 31.4 Å². The number of fused-ring (bicyclic) bond motifs is 1. The Bertz CT molecular complexity index is 923. The number of ketones is 1. The Hall–Kier alpha value is -2.36. The van der Waals surface area contributed by atoms with Crippen molar-refractivity contribution in [2.75, 3.05) is 32.8 Å². The van der Waals surface area contributed by atoms with Crippen LogP contribution in [0.5, 0.6) is 5.75 Å². The lowest BCUT2D eigenvalue weighted by Gasteiger charge is -2.59. The zero-order valence-electron chi connectivity index (χ0n) is 17.4. The maximum Gasteiger partial charge on any atom is 0.416 e. The Kier molecular flexibility index (Phi) is 5.11. The average molecular weight is 456 g/mol. The molecule has 2 amide bonds. The lowest BCUT2D eigenvalue weighted by molar-refractivity contribution is -0.141. The quantitative estimate of drug-likeness (QED) is 0.640. The molecule has 32 heavy (non-hydrogen) atoms. The standard InChI is InChI=1S/C22H24F4N2O4/c23-15-4-14(22(24,25)26)5-17(6-15)32-18-7-21(8-18)11-28(12-21)20(30)27-2-1-19-13(9-27)3-16(29)10-31-19/h4-6,13,18-19H,1-3,7-12H2/t13-,19+/m1/s1. The van der Waals surface area contributed by atoms with E-state index in [0.717, 1.165) is 18.6 Å². The number of rotatable bonds is 2. The molecule has 4 fully saturated rings. The monoisotopic (exact) mass is 456 g/mol. The molecule has 1 saturated carbocycles. The molecule has 1 aromatic carbocycles. The van der Waals surface area contributed by atoms with E-state index >= 15 is 0 Å². The minimum Gasteiger partial charge on any atom is -0.490 e. The van der Waals surface area contributed by atoms with Crippen molar-refractivity contribution in [2.24, 2.45) is 11.3 Å². The fraction of sp³-hybridized carbons (Fsp3) is 0.636. The van der Waals surface area contributed by atoms with Gasteiger partial charge in [0.05, 0.1) is 11.7 Å². The second-order valence-electron chi connectivity index (χ2n) is 9.55. The number of hydrogen-bond acceptors (Lipinski definition) is 4. The predicted molar refractivity (Wildman–Crippen MR) is 103 cm³/mol. The number of urea groups is 1. The van der Waals surface area contributed by atoms with Gasteiger partial charge in [0.25, 0.3) is 0 Å². The zero-order chi connectivity index (χ0) is 22.7. The van der Waals surface area contributed by atoms with Gasteiger partial charge in [-0.15, -0.1) is 0 Å². The van der Waals surface area contributed by atoms with Crippen molar-refractivity contribution in [3.63, 3.8) is 0 Å². The number of carbonyl (C=O) groups excluding carboxylic acids is 2. The lowest BCUT2D eigenvalue weighted by Crippen LogP contribution is -2.68. The maximum atomic E-state index is 13.5. The van der Waals surface area contributed by atoms with E-state index in [-0.39, 0.29) is 47.7 Å². The van der Waals surface area contributed by atoms with Crippen LogP contribution in [0.25, 0.3) is 0 Å². The third-order valence-electron chi connectivity index (χ3n) is 7.03. The Morgan fingerprint density at radius 1 is 1.16 bits per heavy atom. The molecule has 0 unspecified atom stereocenters. The van der Waals surface area contributed by atoms with Crippen LogP contribution in [0.15, 0.2) is 18.2 Å². The Morgan fingerprint density at radius 2 is 1.91 bits per heavy atom. The van der Waals surface area contributed by atoms with Crippen LogP contribution < -0.4 is 4.74 Å². The summed E-state index contributed by atoms with van der Waals surface area (Å²) in [5.41, 5.74) is -1.15. The first-order valence-corrected chi connectivity index (χ1v) is 10.8. The number of Topliss-reactive ketones (excluding diaryl/α,β-unsaturated/α-hetero) is 1. The summed E-state index contributed by atoms with van der Waals surface area (Å²) in [6.07, 6.45) is -2.48. The van der Waals surface area contributed by atoms with Crippen molar-refractivity contribution in [3.05, 3.63) is 29.6 Å². The van der Waals surface area contributed by atoms with Gasteiger partial charge in [0, 0.05) is 50.0 Å². The number of halogens is 4. The first-order chi connectivity index (χ1) is 15.1. The predicted octanol–water partition coefficient (Wildman–Crippen LogP) is 3.49. The van der Waals surface area contributed by atoms with Gasteiger partial charge in [-0.2, -0.15) is 13.2 Å². The molecule has 174 valence electrons. The number of alkyl halides is 3. The van der Waals surface area contributed by atoms with Gasteiger partial charge in [-0.3, -0.25) is 4.79 Å². The fourth-order valence-corrected chi connectivity index (χ4v) is 5.48. The van der Waals surface area contributed by atoms with E-state index in [9.17, 15) is 27.2 Å². The summed E-state index contributed by atoms with van der Waals surface area (Å²) in [5.74, 6) is -0.988. The number of nitrogens with zero attached hydrogens (tertiary/aromatic N) is 2. The normalized spacial score (nSPS) is 27.6. The van der Waals surface area contributed by atoms with E-state index in [2.05, 4.69) is 0 Å². The molecule has 5 rings (SSSR count). The summed E-state index contributed by atoms with van der Waals surface area (Å²) in [4.78, 5) is 28.1. The highest BCUT2D eigenvalue weighted by Gasteiger charge is 2.55. The molecular weight excluding hydrogens is 432 g/mol. The molecule has 10 heteroatoms. The summed E-state index contributed by atoms with van der Waals surface area (Å²) < 4.78 is 63.3. The van der Waals surface area contributed by atoms with E-state index in [0.29, 0.717) is 51.5 Å². The summed E-state index contributed by atoms with van der Waals surface area (Å²) in [5, 5.41) is 0. The van der Waals surface area contributed by atoms with Gasteiger partial charge < -0.3 is 19.3 Å². The Morgan fingerprint density at radius 3 is 2.62 bits per heavy atom. The number of ether oxygens (including phenoxy) is 2. The van der Waals surface area contributed by atoms with E-state index in [1.807, 2.05) is 0 Å². The summed E-state index contributed by atoms with van der Waals surface area (Å²) in [6.45, 7) is 2.43. The Labute approximate surface area is 182 Å². The van der Waals surface area contributed by atoms with Crippen LogP contribution in [0.3, 0.4) is 0 Å². The molecule has 0 radical (unpaired) electrons. The third kappa shape index (κ3) is 4.04. The van der Waals surface area contributed by atoms with E-state index < -0.39 is 17.6 Å². The van der Waals surface area contributed by atoms with Crippen molar-refractivity contribution < 1.29 is 36.6 Å². The zero-order valence-corrected chi connectivity index (χ0v) is 17.4. The molecule has 4 aliphatic rings. The summed E-state index contributed by atoms with van der Waals surface area (Å²) in [6, 6.07) is 2.17. The summed E-state index contributed by atoms with van der Waals surface area (Å²) in [7, 11) is 0. The van der Waals surface area contributed by atoms with Crippen LogP contribution in [-0.4, -0.2) is 66.6 Å². The molecule has 1 spiro atoms. The molecule has 1 aliphatic carbocycles. The van der Waals surface area contributed by atoms with Crippen molar-refractivity contribution in [3.8, 4) is 5.75 Å². The van der Waals surface area contributed by atoms with Crippen LogP contribution >= 0.6 is 0 Å². The molecule has 0 N–H and O–H groups in total. The molecule has 6 nitrogen and oxygen atoms in total. The van der Waals surface area contributed by atoms with E-state index in [1.165, 1.54) is 0 Å². The average Bonchev–Trinajstić information content (AvgIpc) is 2.66. The number of likely N-dealkylation sites (tertiary alicyclic amines) is 2. The van der Waals surface area contributed by atoms with Crippen LogP contribution in [-0.2, 0) is 15.7 Å². The number of carbonyl (C=O) groups is 2. The van der Waals surface area contributed by atoms with Crippen LogP contribution in [0, 0.1) is 17.2 Å². The minimum absolute atomic E-state index is 0.0450. The first-order valence-electron chi connectivity index (χ1n) is 10.8. The van der Waals surface area contributed by atoms with Crippen LogP contribution in [0.2, 0.25) is 0 Å². The molecule has 0 aromatic heterocycles. The highest BCUT2D eigenvalue weighted by atomic mass is 19.4. The second-order valence-corrected chi connectivity index (χ2v) is 9.55. The van der Waals surface area contributed by atoms with Crippen LogP contribution in [0.4, 0.5) is 22.4 Å². The lowest BCUT2D eigenvalue weighted by atomic mass is 9.62. The van der Waals surface area contributed by atoms with E-state index in [4.69, 9.17) is 9.47 Å². The maximum absolute atomic E-state index is 13.5. The Balaban J connectivity index is 1.11. The van der Waals surface area contributed by atoms with Crippen molar-refractivity contribution in [1.29, 1.82) is 0 Å². The fourth-order valence-electron chi connectivity index (χ4n) is 5.48.